The summed E-state index contributed by atoms with van der Waals surface area (Å²) in [4.78, 5) is 9.59. The molecule has 0 unspecified atom stereocenters. The number of carboxylic acids is 1. The van der Waals surface area contributed by atoms with E-state index in [1.165, 1.54) is 0 Å². The lowest BCUT2D eigenvalue weighted by Gasteiger charge is -2.14. The van der Waals surface area contributed by atoms with Crippen molar-refractivity contribution in [2.75, 3.05) is 28.2 Å². The molecule has 11 heavy (non-hydrogen) atoms. The van der Waals surface area contributed by atoms with E-state index in [4.69, 9.17) is 0 Å². The zero-order valence-corrected chi connectivity index (χ0v) is 8.34. The summed E-state index contributed by atoms with van der Waals surface area (Å²) in [6.07, 6.45) is 0. The second kappa shape index (κ2) is 5.13. The Labute approximate surface area is 69.2 Å². The molecule has 0 aliphatic rings. The molecule has 0 heterocycles. The van der Waals surface area contributed by atoms with E-state index in [2.05, 4.69) is 28.2 Å². The second-order valence-corrected chi connectivity index (χ2v) is 4.16. The third-order valence-corrected chi connectivity index (χ3v) is 0.471. The summed E-state index contributed by atoms with van der Waals surface area (Å²) in [7, 11) is 8.50. The summed E-state index contributed by atoms with van der Waals surface area (Å²) < 4.78 is 1.00. The number of nitrogens with zero attached hydrogens (tertiary/aromatic N) is 1. The highest BCUT2D eigenvalue weighted by molar-refractivity contribution is 5.66. The summed E-state index contributed by atoms with van der Waals surface area (Å²) >= 11 is 0. The lowest BCUT2D eigenvalue weighted by Crippen LogP contribution is -2.27. The smallest absolute Gasteiger partial charge is 0.0675 e. The van der Waals surface area contributed by atoms with Gasteiger partial charge in [-0.15, -0.1) is 0 Å². The van der Waals surface area contributed by atoms with Crippen molar-refractivity contribution in [1.29, 1.82) is 0 Å². The van der Waals surface area contributed by atoms with Crippen molar-refractivity contribution in [1.82, 2.24) is 0 Å². The molecule has 0 aromatic heterocycles. The maximum absolute atomic E-state index is 9.59. The fraction of sp³-hybridized carbons (Fsp3) is 0.875. The molecule has 0 radical (unpaired) electrons. The number of hydrogen-bond acceptors (Lipinski definition) is 2. The highest BCUT2D eigenvalue weighted by Gasteiger charge is 1.88. The average Bonchev–Trinajstić information content (AvgIpc) is 1.59. The molecule has 0 atom stereocenters. The molecule has 0 aliphatic carbocycles. The van der Waals surface area contributed by atoms with E-state index < -0.39 is 5.97 Å². The molecule has 0 rings (SSSR count). The summed E-state index contributed by atoms with van der Waals surface area (Å²) in [6.45, 7) is 3.16. The topological polar surface area (TPSA) is 40.1 Å². The van der Waals surface area contributed by atoms with Crippen LogP contribution in [-0.4, -0.2) is 38.6 Å². The summed E-state index contributed by atoms with van der Waals surface area (Å²) in [5.41, 5.74) is 0. The third kappa shape index (κ3) is 44.2. The van der Waals surface area contributed by atoms with Crippen LogP contribution < -0.4 is 5.11 Å². The monoisotopic (exact) mass is 161 g/mol. The molecule has 0 saturated carbocycles. The first-order valence-electron chi connectivity index (χ1n) is 3.64. The van der Waals surface area contributed by atoms with Crippen molar-refractivity contribution in [3.63, 3.8) is 0 Å². The number of hydrogen-bond donors (Lipinski definition) is 0. The number of aliphatic carboxylic acids is 1. The first-order valence-corrected chi connectivity index (χ1v) is 3.64. The third-order valence-electron chi connectivity index (χ3n) is 0.471. The molecule has 0 amide bonds. The van der Waals surface area contributed by atoms with E-state index in [1.54, 1.807) is 13.8 Å². The van der Waals surface area contributed by atoms with Crippen molar-refractivity contribution in [2.24, 2.45) is 5.92 Å². The Morgan fingerprint density at radius 2 is 1.27 bits per heavy atom. The number of carbonyl (C=O) groups is 1. The molecule has 0 spiro atoms. The first-order chi connectivity index (χ1) is 4.64. The van der Waals surface area contributed by atoms with Crippen LogP contribution in [-0.2, 0) is 4.79 Å². The quantitative estimate of drug-likeness (QED) is 0.496. The van der Waals surface area contributed by atoms with Gasteiger partial charge in [-0.05, 0) is 5.92 Å². The molecule has 0 saturated heterocycles. The Morgan fingerprint density at radius 3 is 1.27 bits per heavy atom. The van der Waals surface area contributed by atoms with Gasteiger partial charge < -0.3 is 14.4 Å². The van der Waals surface area contributed by atoms with Crippen molar-refractivity contribution < 1.29 is 14.4 Å². The van der Waals surface area contributed by atoms with Crippen molar-refractivity contribution >= 4 is 5.97 Å². The van der Waals surface area contributed by atoms with E-state index in [9.17, 15) is 9.90 Å². The highest BCUT2D eigenvalue weighted by atomic mass is 16.4. The first kappa shape index (κ1) is 13.1. The van der Waals surface area contributed by atoms with Gasteiger partial charge in [-0.1, -0.05) is 13.8 Å². The lowest BCUT2D eigenvalue weighted by atomic mass is 10.2. The normalized spacial score (nSPS) is 10.5. The van der Waals surface area contributed by atoms with E-state index in [0.717, 1.165) is 4.48 Å². The predicted molar refractivity (Wildman–Crippen MR) is 43.8 cm³/mol. The van der Waals surface area contributed by atoms with Crippen molar-refractivity contribution in [3.05, 3.63) is 0 Å². The number of rotatable bonds is 1. The van der Waals surface area contributed by atoms with Crippen LogP contribution in [0.3, 0.4) is 0 Å². The fourth-order valence-corrected chi connectivity index (χ4v) is 0. The minimum Gasteiger partial charge on any atom is -0.550 e. The number of carbonyl (C=O) groups excluding carboxylic acids is 1. The Balaban J connectivity index is 0. The van der Waals surface area contributed by atoms with Gasteiger partial charge in [0.15, 0.2) is 0 Å². The van der Waals surface area contributed by atoms with Crippen LogP contribution in [0.5, 0.6) is 0 Å². The van der Waals surface area contributed by atoms with E-state index in [0.29, 0.717) is 0 Å². The lowest BCUT2D eigenvalue weighted by molar-refractivity contribution is -0.849. The Hall–Kier alpha value is -0.570. The average molecular weight is 161 g/mol. The van der Waals surface area contributed by atoms with Crippen molar-refractivity contribution in [3.8, 4) is 0 Å². The molecule has 0 fully saturated rings. The standard InChI is InChI=1S/C4H12N.C4H8O2/c1-5(2,3)4;1-3(2)4(5)6/h1-4H3;3H,1-2H3,(H,5,6)/q+1;/p-1. The zero-order valence-electron chi connectivity index (χ0n) is 8.34. The SMILES string of the molecule is CC(C)C(=O)[O-].C[N+](C)(C)C. The van der Waals surface area contributed by atoms with Crippen LogP contribution in [0.1, 0.15) is 13.8 Å². The molecule has 0 aromatic rings. The molecule has 0 bridgehead atoms. The van der Waals surface area contributed by atoms with Gasteiger partial charge in [-0.3, -0.25) is 0 Å². The Kier molecular flexibility index (Phi) is 6.09. The molecule has 0 aromatic carbocycles. The summed E-state index contributed by atoms with van der Waals surface area (Å²) in [5, 5.41) is 9.59. The minimum absolute atomic E-state index is 0.343. The van der Waals surface area contributed by atoms with Crippen LogP contribution >= 0.6 is 0 Å². The molecule has 0 aliphatic heterocycles. The number of carboxylic acid groups (broad SMARTS) is 1. The summed E-state index contributed by atoms with van der Waals surface area (Å²) in [6, 6.07) is 0. The van der Waals surface area contributed by atoms with Crippen LogP contribution in [0, 0.1) is 5.92 Å². The maximum Gasteiger partial charge on any atom is 0.0675 e. The van der Waals surface area contributed by atoms with E-state index in [-0.39, 0.29) is 5.92 Å². The Bertz CT molecular complexity index is 108. The molecule has 68 valence electrons. The minimum atomic E-state index is -0.991. The van der Waals surface area contributed by atoms with Gasteiger partial charge in [0.25, 0.3) is 0 Å². The molecule has 3 heteroatoms. The molecular weight excluding hydrogens is 142 g/mol. The zero-order chi connectivity index (χ0) is 9.65. The highest BCUT2D eigenvalue weighted by Crippen LogP contribution is 1.83. The van der Waals surface area contributed by atoms with Crippen LogP contribution in [0.2, 0.25) is 0 Å². The molecule has 0 N–H and O–H groups in total. The van der Waals surface area contributed by atoms with Gasteiger partial charge in [-0.2, -0.15) is 0 Å². The molecule has 3 nitrogen and oxygen atoms in total. The van der Waals surface area contributed by atoms with Gasteiger partial charge in [-0.25, -0.2) is 0 Å². The van der Waals surface area contributed by atoms with E-state index >= 15 is 0 Å². The van der Waals surface area contributed by atoms with Gasteiger partial charge >= 0.3 is 0 Å². The van der Waals surface area contributed by atoms with Gasteiger partial charge in [0.05, 0.1) is 28.2 Å². The van der Waals surface area contributed by atoms with Crippen LogP contribution in [0.25, 0.3) is 0 Å². The Morgan fingerprint density at radius 1 is 1.18 bits per heavy atom. The predicted octanol–water partition coefficient (Wildman–Crippen LogP) is -0.285. The van der Waals surface area contributed by atoms with Crippen molar-refractivity contribution in [2.45, 2.75) is 13.8 Å². The van der Waals surface area contributed by atoms with Crippen LogP contribution in [0.15, 0.2) is 0 Å². The maximum atomic E-state index is 9.59. The van der Waals surface area contributed by atoms with Crippen LogP contribution in [0.4, 0.5) is 0 Å². The van der Waals surface area contributed by atoms with Gasteiger partial charge in [0.2, 0.25) is 0 Å². The van der Waals surface area contributed by atoms with Gasteiger partial charge in [0, 0.05) is 5.97 Å². The second-order valence-electron chi connectivity index (χ2n) is 4.16. The largest absolute Gasteiger partial charge is 0.550 e. The number of quaternary nitrogens is 1. The molecular formula is C8H19NO2. The van der Waals surface area contributed by atoms with Gasteiger partial charge in [0.1, 0.15) is 0 Å². The van der Waals surface area contributed by atoms with E-state index in [1.807, 2.05) is 0 Å². The summed E-state index contributed by atoms with van der Waals surface area (Å²) in [5.74, 6) is -1.33. The fourth-order valence-electron chi connectivity index (χ4n) is 0.